The normalized spacial score (nSPS) is 16.0. The zero-order chi connectivity index (χ0) is 15.2. The van der Waals surface area contributed by atoms with Crippen LogP contribution in [0.5, 0.6) is 0 Å². The Morgan fingerprint density at radius 1 is 1.38 bits per heavy atom. The minimum atomic E-state index is -0.0769. The zero-order valence-corrected chi connectivity index (χ0v) is 13.1. The predicted molar refractivity (Wildman–Crippen MR) is 86.8 cm³/mol. The number of benzene rings is 1. The summed E-state index contributed by atoms with van der Waals surface area (Å²) >= 11 is 0. The number of rotatable bonds is 8. The van der Waals surface area contributed by atoms with Gasteiger partial charge in [0.25, 0.3) is 0 Å². The second-order valence-corrected chi connectivity index (χ2v) is 5.97. The number of hydrogen-bond donors (Lipinski definition) is 2. The van der Waals surface area contributed by atoms with Crippen LogP contribution in [0.1, 0.15) is 45.1 Å². The highest BCUT2D eigenvalue weighted by Gasteiger charge is 2.34. The van der Waals surface area contributed by atoms with Gasteiger partial charge in [0.1, 0.15) is 0 Å². The molecule has 1 saturated carbocycles. The summed E-state index contributed by atoms with van der Waals surface area (Å²) in [5.41, 5.74) is 7.72. The number of anilines is 1. The van der Waals surface area contributed by atoms with E-state index in [9.17, 15) is 4.79 Å². The van der Waals surface area contributed by atoms with Crippen LogP contribution in [-0.4, -0.2) is 29.4 Å². The Labute approximate surface area is 127 Å². The Hall–Kier alpha value is -1.55. The van der Waals surface area contributed by atoms with Crippen LogP contribution in [0.2, 0.25) is 0 Å². The first-order valence-electron chi connectivity index (χ1n) is 7.99. The monoisotopic (exact) mass is 289 g/mol. The van der Waals surface area contributed by atoms with Crippen LogP contribution in [0.25, 0.3) is 0 Å². The van der Waals surface area contributed by atoms with Gasteiger partial charge in [-0.25, -0.2) is 0 Å². The molecule has 0 bridgehead atoms. The molecular weight excluding hydrogens is 262 g/mol. The van der Waals surface area contributed by atoms with E-state index in [-0.39, 0.29) is 11.9 Å². The fourth-order valence-corrected chi connectivity index (χ4v) is 2.51. The Morgan fingerprint density at radius 3 is 2.62 bits per heavy atom. The van der Waals surface area contributed by atoms with Crippen LogP contribution in [0.4, 0.5) is 5.69 Å². The molecule has 1 aliphatic carbocycles. The molecule has 4 heteroatoms. The molecule has 1 unspecified atom stereocenters. The minimum Gasteiger partial charge on any atom is -0.399 e. The van der Waals surface area contributed by atoms with Gasteiger partial charge in [-0.3, -0.25) is 9.69 Å². The molecule has 21 heavy (non-hydrogen) atoms. The lowest BCUT2D eigenvalue weighted by Gasteiger charge is -2.28. The lowest BCUT2D eigenvalue weighted by atomic mass is 10.1. The topological polar surface area (TPSA) is 58.4 Å². The van der Waals surface area contributed by atoms with Crippen molar-refractivity contribution in [2.75, 3.05) is 12.3 Å². The summed E-state index contributed by atoms with van der Waals surface area (Å²) in [6.45, 7) is 5.73. The molecule has 0 spiro atoms. The molecule has 0 aliphatic heterocycles. The van der Waals surface area contributed by atoms with Crippen molar-refractivity contribution in [3.05, 3.63) is 29.8 Å². The number of carbonyl (C=O) groups is 1. The van der Waals surface area contributed by atoms with Crippen molar-refractivity contribution in [3.63, 3.8) is 0 Å². The highest BCUT2D eigenvalue weighted by Crippen LogP contribution is 2.30. The van der Waals surface area contributed by atoms with Gasteiger partial charge in [-0.15, -0.1) is 0 Å². The summed E-state index contributed by atoms with van der Waals surface area (Å²) in [5.74, 6) is 0.144. The van der Waals surface area contributed by atoms with Gasteiger partial charge in [0.05, 0.1) is 6.04 Å². The summed E-state index contributed by atoms with van der Waals surface area (Å²) in [5, 5.41) is 3.04. The first-order chi connectivity index (χ1) is 10.1. The van der Waals surface area contributed by atoms with Crippen molar-refractivity contribution in [2.45, 2.75) is 58.2 Å². The molecule has 1 aromatic rings. The van der Waals surface area contributed by atoms with Gasteiger partial charge in [0.2, 0.25) is 5.91 Å². The molecular formula is C17H27N3O. The SMILES string of the molecule is CCCCNC(=O)C(C)N(Cc1ccc(N)cc1)C1CC1. The maximum Gasteiger partial charge on any atom is 0.237 e. The number of nitrogens with two attached hydrogens (primary N) is 1. The van der Waals surface area contributed by atoms with Crippen molar-refractivity contribution < 1.29 is 4.79 Å². The third-order valence-corrected chi connectivity index (χ3v) is 4.07. The van der Waals surface area contributed by atoms with Crippen LogP contribution >= 0.6 is 0 Å². The van der Waals surface area contributed by atoms with Gasteiger partial charge in [0, 0.05) is 24.8 Å². The summed E-state index contributed by atoms with van der Waals surface area (Å²) in [7, 11) is 0. The number of amides is 1. The van der Waals surface area contributed by atoms with E-state index in [1.54, 1.807) is 0 Å². The van der Waals surface area contributed by atoms with Crippen molar-refractivity contribution in [1.82, 2.24) is 10.2 Å². The Kier molecular flexibility index (Phi) is 5.62. The average molecular weight is 289 g/mol. The van der Waals surface area contributed by atoms with E-state index in [2.05, 4.69) is 17.1 Å². The maximum absolute atomic E-state index is 12.3. The van der Waals surface area contributed by atoms with Crippen LogP contribution in [0, 0.1) is 0 Å². The van der Waals surface area contributed by atoms with Gasteiger partial charge in [-0.2, -0.15) is 0 Å². The molecule has 0 aromatic heterocycles. The second kappa shape index (κ2) is 7.46. The largest absolute Gasteiger partial charge is 0.399 e. The molecule has 1 fully saturated rings. The van der Waals surface area contributed by atoms with E-state index >= 15 is 0 Å². The van der Waals surface area contributed by atoms with Crippen molar-refractivity contribution in [2.24, 2.45) is 0 Å². The van der Waals surface area contributed by atoms with Crippen molar-refractivity contribution in [1.29, 1.82) is 0 Å². The molecule has 0 radical (unpaired) electrons. The summed E-state index contributed by atoms with van der Waals surface area (Å²) < 4.78 is 0. The molecule has 2 rings (SSSR count). The molecule has 3 N–H and O–H groups in total. The van der Waals surface area contributed by atoms with Gasteiger partial charge >= 0.3 is 0 Å². The van der Waals surface area contributed by atoms with E-state index < -0.39 is 0 Å². The number of nitrogen functional groups attached to an aromatic ring is 1. The van der Waals surface area contributed by atoms with E-state index in [0.29, 0.717) is 6.04 Å². The average Bonchev–Trinajstić information content (AvgIpc) is 3.30. The Morgan fingerprint density at radius 2 is 2.05 bits per heavy atom. The number of hydrogen-bond acceptors (Lipinski definition) is 3. The van der Waals surface area contributed by atoms with Crippen LogP contribution in [0.15, 0.2) is 24.3 Å². The van der Waals surface area contributed by atoms with Gasteiger partial charge < -0.3 is 11.1 Å². The molecule has 0 heterocycles. The van der Waals surface area contributed by atoms with Gasteiger partial charge in [0.15, 0.2) is 0 Å². The summed E-state index contributed by atoms with van der Waals surface area (Å²) in [6, 6.07) is 8.42. The molecule has 4 nitrogen and oxygen atoms in total. The number of carbonyl (C=O) groups excluding carboxylic acids is 1. The zero-order valence-electron chi connectivity index (χ0n) is 13.1. The van der Waals surface area contributed by atoms with E-state index in [1.807, 2.05) is 31.2 Å². The summed E-state index contributed by atoms with van der Waals surface area (Å²) in [6.07, 6.45) is 4.54. The summed E-state index contributed by atoms with van der Waals surface area (Å²) in [4.78, 5) is 14.6. The Bertz CT molecular complexity index is 454. The highest BCUT2D eigenvalue weighted by molar-refractivity contribution is 5.81. The van der Waals surface area contributed by atoms with Crippen molar-refractivity contribution in [3.8, 4) is 0 Å². The van der Waals surface area contributed by atoms with E-state index in [0.717, 1.165) is 31.6 Å². The second-order valence-electron chi connectivity index (χ2n) is 5.97. The van der Waals surface area contributed by atoms with Gasteiger partial charge in [-0.05, 0) is 43.9 Å². The van der Waals surface area contributed by atoms with Crippen LogP contribution < -0.4 is 11.1 Å². The lowest BCUT2D eigenvalue weighted by molar-refractivity contribution is -0.126. The van der Waals surface area contributed by atoms with Crippen LogP contribution in [-0.2, 0) is 11.3 Å². The Balaban J connectivity index is 1.94. The quantitative estimate of drug-likeness (QED) is 0.571. The minimum absolute atomic E-state index is 0.0769. The smallest absolute Gasteiger partial charge is 0.237 e. The first-order valence-corrected chi connectivity index (χ1v) is 7.99. The fraction of sp³-hybridized carbons (Fsp3) is 0.588. The number of nitrogens with one attached hydrogen (secondary N) is 1. The first kappa shape index (κ1) is 15.8. The number of unbranched alkanes of at least 4 members (excludes halogenated alkanes) is 1. The molecule has 116 valence electrons. The molecule has 1 amide bonds. The predicted octanol–water partition coefficient (Wildman–Crippen LogP) is 2.54. The third-order valence-electron chi connectivity index (χ3n) is 4.07. The standard InChI is InChI=1S/C17H27N3O/c1-3-4-11-19-17(21)13(2)20(16-9-10-16)12-14-5-7-15(18)8-6-14/h5-8,13,16H,3-4,9-12,18H2,1-2H3,(H,19,21). The number of nitrogens with zero attached hydrogens (tertiary/aromatic N) is 1. The molecule has 1 atom stereocenters. The molecule has 1 aliphatic rings. The maximum atomic E-state index is 12.3. The van der Waals surface area contributed by atoms with Crippen LogP contribution in [0.3, 0.4) is 0 Å². The lowest BCUT2D eigenvalue weighted by Crippen LogP contribution is -2.46. The van der Waals surface area contributed by atoms with E-state index in [4.69, 9.17) is 5.73 Å². The van der Waals surface area contributed by atoms with Crippen molar-refractivity contribution >= 4 is 11.6 Å². The third kappa shape index (κ3) is 4.74. The molecule has 1 aromatic carbocycles. The van der Waals surface area contributed by atoms with Gasteiger partial charge in [-0.1, -0.05) is 25.5 Å². The highest BCUT2D eigenvalue weighted by atomic mass is 16.2. The van der Waals surface area contributed by atoms with E-state index in [1.165, 1.54) is 18.4 Å². The fourth-order valence-electron chi connectivity index (χ4n) is 2.51. The molecule has 0 saturated heterocycles.